The number of aliphatic imine (C=N–C) groups is 1. The minimum absolute atomic E-state index is 0. The highest BCUT2D eigenvalue weighted by molar-refractivity contribution is 14.0. The van der Waals surface area contributed by atoms with Crippen LogP contribution in [0.1, 0.15) is 31.9 Å². The van der Waals surface area contributed by atoms with E-state index in [4.69, 9.17) is 4.99 Å². The van der Waals surface area contributed by atoms with Crippen LogP contribution >= 0.6 is 24.0 Å². The van der Waals surface area contributed by atoms with Gasteiger partial charge in [0.25, 0.3) is 0 Å². The predicted molar refractivity (Wildman–Crippen MR) is 127 cm³/mol. The monoisotopic (exact) mass is 487 g/mol. The number of benzene rings is 1. The van der Waals surface area contributed by atoms with Gasteiger partial charge < -0.3 is 20.4 Å². The average Bonchev–Trinajstić information content (AvgIpc) is 2.66. The van der Waals surface area contributed by atoms with E-state index in [-0.39, 0.29) is 24.0 Å². The van der Waals surface area contributed by atoms with E-state index < -0.39 is 0 Å². The van der Waals surface area contributed by atoms with Gasteiger partial charge in [-0.15, -0.1) is 24.0 Å². The fourth-order valence-corrected chi connectivity index (χ4v) is 3.37. The van der Waals surface area contributed by atoms with Crippen molar-refractivity contribution in [3.8, 4) is 0 Å². The molecule has 0 aromatic heterocycles. The molecule has 1 unspecified atom stereocenters. The molecule has 0 saturated carbocycles. The van der Waals surface area contributed by atoms with Gasteiger partial charge in [-0.05, 0) is 37.4 Å². The maximum absolute atomic E-state index is 4.80. The Bertz CT molecular complexity index is 555. The Morgan fingerprint density at radius 1 is 1.07 bits per heavy atom. The molecule has 1 aliphatic heterocycles. The molecule has 6 heteroatoms. The lowest BCUT2D eigenvalue weighted by atomic mass is 10.1. The molecule has 27 heavy (non-hydrogen) atoms. The van der Waals surface area contributed by atoms with Crippen molar-refractivity contribution >= 4 is 29.9 Å². The number of guanidine groups is 1. The van der Waals surface area contributed by atoms with Gasteiger partial charge in [-0.2, -0.15) is 0 Å². The summed E-state index contributed by atoms with van der Waals surface area (Å²) >= 11 is 0. The largest absolute Gasteiger partial charge is 0.357 e. The molecule has 1 fully saturated rings. The summed E-state index contributed by atoms with van der Waals surface area (Å²) in [5.41, 5.74) is 2.70. The van der Waals surface area contributed by atoms with E-state index in [2.05, 4.69) is 72.5 Å². The molecule has 0 aliphatic carbocycles. The van der Waals surface area contributed by atoms with Crippen molar-refractivity contribution in [3.63, 3.8) is 0 Å². The Kier molecular flexibility index (Phi) is 11.9. The van der Waals surface area contributed by atoms with Crippen LogP contribution in [0.5, 0.6) is 0 Å². The Morgan fingerprint density at radius 3 is 2.37 bits per heavy atom. The average molecular weight is 487 g/mol. The first-order chi connectivity index (χ1) is 12.6. The van der Waals surface area contributed by atoms with E-state index >= 15 is 0 Å². The van der Waals surface area contributed by atoms with Gasteiger partial charge in [0.05, 0.1) is 6.54 Å². The predicted octanol–water partition coefficient (Wildman–Crippen LogP) is 2.81. The third-order valence-corrected chi connectivity index (χ3v) is 5.03. The number of nitrogens with zero attached hydrogens (tertiary/aromatic N) is 3. The summed E-state index contributed by atoms with van der Waals surface area (Å²) in [6.07, 6.45) is 1.05. The van der Waals surface area contributed by atoms with Crippen LogP contribution in [-0.2, 0) is 13.0 Å². The number of piperazine rings is 1. The summed E-state index contributed by atoms with van der Waals surface area (Å²) in [4.78, 5) is 9.78. The number of hydrogen-bond donors (Lipinski definition) is 2. The fourth-order valence-electron chi connectivity index (χ4n) is 3.37. The minimum Gasteiger partial charge on any atom is -0.357 e. The molecule has 1 aliphatic rings. The maximum Gasteiger partial charge on any atom is 0.191 e. The lowest BCUT2D eigenvalue weighted by Crippen LogP contribution is -2.47. The number of likely N-dealkylation sites (N-methyl/N-ethyl adjacent to an activating group) is 1. The molecule has 0 bridgehead atoms. The van der Waals surface area contributed by atoms with Gasteiger partial charge in [-0.3, -0.25) is 0 Å². The maximum atomic E-state index is 4.80. The second-order valence-corrected chi connectivity index (χ2v) is 7.41. The van der Waals surface area contributed by atoms with Gasteiger partial charge >= 0.3 is 0 Å². The van der Waals surface area contributed by atoms with Crippen LogP contribution in [0.25, 0.3) is 0 Å². The third kappa shape index (κ3) is 8.79. The second kappa shape index (κ2) is 13.3. The van der Waals surface area contributed by atoms with Gasteiger partial charge in [0.15, 0.2) is 5.96 Å². The SMILES string of the molecule is CCNC(=NCc1ccccc1CC)NCC(C)CN1CCN(C)CC1.I. The molecule has 5 nitrogen and oxygen atoms in total. The summed E-state index contributed by atoms with van der Waals surface area (Å²) in [7, 11) is 2.21. The molecular formula is C21H38IN5. The van der Waals surface area contributed by atoms with Gasteiger partial charge in [0, 0.05) is 45.8 Å². The standard InChI is InChI=1S/C21H37N5.HI/c1-5-19-9-7-8-10-20(19)16-24-21(22-6-2)23-15-18(3)17-26-13-11-25(4)12-14-26;/h7-10,18H,5-6,11-17H2,1-4H3,(H2,22,23,24);1H. The molecule has 154 valence electrons. The number of nitrogens with one attached hydrogen (secondary N) is 2. The first-order valence-corrected chi connectivity index (χ1v) is 10.1. The van der Waals surface area contributed by atoms with Crippen LogP contribution in [0, 0.1) is 5.92 Å². The van der Waals surface area contributed by atoms with Crippen molar-refractivity contribution in [2.45, 2.75) is 33.7 Å². The van der Waals surface area contributed by atoms with Crippen LogP contribution in [0.15, 0.2) is 29.3 Å². The summed E-state index contributed by atoms with van der Waals surface area (Å²) in [6, 6.07) is 8.59. The number of rotatable bonds is 8. The number of halogens is 1. The van der Waals surface area contributed by atoms with E-state index in [1.165, 1.54) is 37.3 Å². The van der Waals surface area contributed by atoms with Crippen LogP contribution in [0.2, 0.25) is 0 Å². The summed E-state index contributed by atoms with van der Waals surface area (Å²) in [5, 5.41) is 6.90. The van der Waals surface area contributed by atoms with Gasteiger partial charge in [-0.1, -0.05) is 38.1 Å². The van der Waals surface area contributed by atoms with Crippen LogP contribution in [0.3, 0.4) is 0 Å². The first-order valence-electron chi connectivity index (χ1n) is 10.1. The molecule has 1 aromatic rings. The normalized spacial score (nSPS) is 17.3. The molecule has 1 aromatic carbocycles. The van der Waals surface area contributed by atoms with Crippen molar-refractivity contribution in [1.82, 2.24) is 20.4 Å². The molecule has 1 atom stereocenters. The molecular weight excluding hydrogens is 449 g/mol. The molecule has 0 spiro atoms. The number of aryl methyl sites for hydroxylation is 1. The number of hydrogen-bond acceptors (Lipinski definition) is 3. The molecule has 0 amide bonds. The van der Waals surface area contributed by atoms with E-state index in [9.17, 15) is 0 Å². The van der Waals surface area contributed by atoms with Crippen LogP contribution < -0.4 is 10.6 Å². The Hall–Kier alpha value is -0.860. The topological polar surface area (TPSA) is 42.9 Å². The van der Waals surface area contributed by atoms with Gasteiger partial charge in [0.2, 0.25) is 0 Å². The highest BCUT2D eigenvalue weighted by Gasteiger charge is 2.16. The van der Waals surface area contributed by atoms with Crippen molar-refractivity contribution in [2.75, 3.05) is 52.9 Å². The Morgan fingerprint density at radius 2 is 1.74 bits per heavy atom. The summed E-state index contributed by atoms with van der Waals surface area (Å²) in [6.45, 7) is 15.1. The first kappa shape index (κ1) is 24.2. The third-order valence-electron chi connectivity index (χ3n) is 5.03. The van der Waals surface area contributed by atoms with E-state index in [0.717, 1.165) is 38.6 Å². The van der Waals surface area contributed by atoms with Crippen molar-refractivity contribution in [2.24, 2.45) is 10.9 Å². The fraction of sp³-hybridized carbons (Fsp3) is 0.667. The summed E-state index contributed by atoms with van der Waals surface area (Å²) < 4.78 is 0. The Labute approximate surface area is 183 Å². The van der Waals surface area contributed by atoms with E-state index in [1.54, 1.807) is 0 Å². The molecule has 2 N–H and O–H groups in total. The van der Waals surface area contributed by atoms with E-state index in [0.29, 0.717) is 5.92 Å². The van der Waals surface area contributed by atoms with Crippen molar-refractivity contribution < 1.29 is 0 Å². The van der Waals surface area contributed by atoms with Crippen LogP contribution in [0.4, 0.5) is 0 Å². The zero-order valence-electron chi connectivity index (χ0n) is 17.5. The second-order valence-electron chi connectivity index (χ2n) is 7.41. The molecule has 1 saturated heterocycles. The van der Waals surface area contributed by atoms with Crippen molar-refractivity contribution in [3.05, 3.63) is 35.4 Å². The van der Waals surface area contributed by atoms with Crippen LogP contribution in [-0.4, -0.2) is 68.6 Å². The van der Waals surface area contributed by atoms with Crippen molar-refractivity contribution in [1.29, 1.82) is 0 Å². The summed E-state index contributed by atoms with van der Waals surface area (Å²) in [5.74, 6) is 1.52. The highest BCUT2D eigenvalue weighted by atomic mass is 127. The quantitative estimate of drug-likeness (QED) is 0.336. The Balaban J connectivity index is 0.00000364. The van der Waals surface area contributed by atoms with Gasteiger partial charge in [-0.25, -0.2) is 4.99 Å². The zero-order chi connectivity index (χ0) is 18.8. The lowest BCUT2D eigenvalue weighted by Gasteiger charge is -2.34. The van der Waals surface area contributed by atoms with Gasteiger partial charge in [0.1, 0.15) is 0 Å². The van der Waals surface area contributed by atoms with E-state index in [1.807, 2.05) is 0 Å². The molecule has 2 rings (SSSR count). The highest BCUT2D eigenvalue weighted by Crippen LogP contribution is 2.10. The smallest absolute Gasteiger partial charge is 0.191 e. The molecule has 0 radical (unpaired) electrons. The zero-order valence-corrected chi connectivity index (χ0v) is 19.8. The minimum atomic E-state index is 0. The molecule has 1 heterocycles. The lowest BCUT2D eigenvalue weighted by molar-refractivity contribution is 0.139.